The molecule has 0 bridgehead atoms. The van der Waals surface area contributed by atoms with Crippen LogP contribution < -0.4 is 15.0 Å². The maximum Gasteiger partial charge on any atom is 0.265 e. The van der Waals surface area contributed by atoms with Crippen molar-refractivity contribution >= 4 is 23.2 Å². The number of anilines is 2. The highest BCUT2D eigenvalue weighted by molar-refractivity contribution is 5.99. The molecule has 29 heavy (non-hydrogen) atoms. The molecule has 1 aliphatic carbocycles. The molecule has 2 aliphatic rings. The van der Waals surface area contributed by atoms with Gasteiger partial charge >= 0.3 is 0 Å². The fourth-order valence-electron chi connectivity index (χ4n) is 4.28. The van der Waals surface area contributed by atoms with Gasteiger partial charge in [0.1, 0.15) is 5.75 Å². The summed E-state index contributed by atoms with van der Waals surface area (Å²) in [5.41, 5.74) is 1.52. The largest absolute Gasteiger partial charge is 0.481 e. The minimum absolute atomic E-state index is 0.0315. The lowest BCUT2D eigenvalue weighted by Crippen LogP contribution is -2.42. The van der Waals surface area contributed by atoms with Gasteiger partial charge in [0, 0.05) is 30.8 Å². The number of hydrogen-bond acceptors (Lipinski definition) is 4. The Balaban J connectivity index is 1.58. The number of carbonyl (C=O) groups excluding carboxylic acids is 2. The van der Waals surface area contributed by atoms with E-state index < -0.39 is 0 Å². The smallest absolute Gasteiger partial charge is 0.265 e. The van der Waals surface area contributed by atoms with Gasteiger partial charge in [0.05, 0.1) is 5.69 Å². The van der Waals surface area contributed by atoms with Crippen molar-refractivity contribution in [2.75, 3.05) is 44.0 Å². The second kappa shape index (κ2) is 10.1. The van der Waals surface area contributed by atoms with Crippen LogP contribution in [0.25, 0.3) is 0 Å². The number of nitrogens with zero attached hydrogens (tertiary/aromatic N) is 2. The highest BCUT2D eigenvalue weighted by Gasteiger charge is 2.28. The van der Waals surface area contributed by atoms with Crippen LogP contribution in [-0.4, -0.2) is 50.5 Å². The van der Waals surface area contributed by atoms with Gasteiger partial charge in [0.2, 0.25) is 5.91 Å². The van der Waals surface area contributed by atoms with Crippen LogP contribution >= 0.6 is 0 Å². The summed E-state index contributed by atoms with van der Waals surface area (Å²) in [5, 5.41) is 3.07. The normalized spacial score (nSPS) is 21.7. The van der Waals surface area contributed by atoms with Gasteiger partial charge in [-0.2, -0.15) is 0 Å². The monoisotopic (exact) mass is 401 g/mol. The maximum atomic E-state index is 12.7. The van der Waals surface area contributed by atoms with Gasteiger partial charge in [0.25, 0.3) is 5.91 Å². The van der Waals surface area contributed by atoms with Crippen LogP contribution in [0.5, 0.6) is 5.75 Å². The minimum atomic E-state index is -0.0315. The Kier molecular flexibility index (Phi) is 7.53. The fraction of sp³-hybridized carbons (Fsp3) is 0.652. The molecule has 0 spiro atoms. The summed E-state index contributed by atoms with van der Waals surface area (Å²) in [6.45, 7) is 3.68. The van der Waals surface area contributed by atoms with Crippen molar-refractivity contribution in [2.45, 2.75) is 51.9 Å². The topological polar surface area (TPSA) is 61.9 Å². The number of fused-ring (bicyclic) bond motifs is 1. The Labute approximate surface area is 174 Å². The molecule has 0 radical (unpaired) electrons. The minimum Gasteiger partial charge on any atom is -0.481 e. The molecule has 1 aromatic rings. The number of amides is 2. The molecule has 6 heteroatoms. The van der Waals surface area contributed by atoms with Crippen molar-refractivity contribution in [2.24, 2.45) is 11.8 Å². The number of unbranched alkanes of at least 4 members (excludes halogenated alkanes) is 1. The summed E-state index contributed by atoms with van der Waals surface area (Å²) in [4.78, 5) is 28.8. The lowest BCUT2D eigenvalue weighted by molar-refractivity contribution is -0.122. The number of benzene rings is 1. The molecule has 1 N–H and O–H groups in total. The van der Waals surface area contributed by atoms with Crippen LogP contribution in [-0.2, 0) is 9.59 Å². The molecule has 0 saturated heterocycles. The number of rotatable bonds is 8. The zero-order valence-electron chi connectivity index (χ0n) is 18.1. The van der Waals surface area contributed by atoms with Crippen LogP contribution in [0.3, 0.4) is 0 Å². The number of nitrogens with one attached hydrogen (secondary N) is 1. The van der Waals surface area contributed by atoms with E-state index in [0.29, 0.717) is 12.3 Å². The number of carbonyl (C=O) groups is 2. The fourth-order valence-corrected chi connectivity index (χ4v) is 4.28. The maximum absolute atomic E-state index is 12.7. The number of hydrogen-bond donors (Lipinski definition) is 1. The first-order valence-corrected chi connectivity index (χ1v) is 11.0. The van der Waals surface area contributed by atoms with Gasteiger partial charge in [-0.15, -0.1) is 0 Å². The molecule has 1 fully saturated rings. The summed E-state index contributed by atoms with van der Waals surface area (Å²) >= 11 is 0. The van der Waals surface area contributed by atoms with Gasteiger partial charge in [-0.1, -0.05) is 26.2 Å². The van der Waals surface area contributed by atoms with Crippen molar-refractivity contribution in [3.63, 3.8) is 0 Å². The molecule has 3 rings (SSSR count). The third-order valence-corrected chi connectivity index (χ3v) is 6.12. The van der Waals surface area contributed by atoms with Gasteiger partial charge < -0.3 is 19.9 Å². The molecule has 2 amide bonds. The quantitative estimate of drug-likeness (QED) is 0.717. The van der Waals surface area contributed by atoms with Crippen molar-refractivity contribution in [1.29, 1.82) is 0 Å². The summed E-state index contributed by atoms with van der Waals surface area (Å²) in [7, 11) is 3.98. The summed E-state index contributed by atoms with van der Waals surface area (Å²) in [6, 6.07) is 5.59. The van der Waals surface area contributed by atoms with E-state index in [0.717, 1.165) is 49.5 Å². The predicted molar refractivity (Wildman–Crippen MR) is 116 cm³/mol. The van der Waals surface area contributed by atoms with Gasteiger partial charge in [0.15, 0.2) is 6.61 Å². The summed E-state index contributed by atoms with van der Waals surface area (Å²) in [5.74, 6) is 1.63. The van der Waals surface area contributed by atoms with Gasteiger partial charge in [-0.25, -0.2) is 0 Å². The van der Waals surface area contributed by atoms with E-state index in [1.165, 1.54) is 19.3 Å². The average molecular weight is 402 g/mol. The third-order valence-electron chi connectivity index (χ3n) is 6.12. The van der Waals surface area contributed by atoms with Crippen molar-refractivity contribution in [3.05, 3.63) is 18.2 Å². The summed E-state index contributed by atoms with van der Waals surface area (Å²) < 4.78 is 5.64. The standard InChI is InChI=1S/C23H35N3O3/c1-4-5-6-17-7-9-18(10-8-17)23(28)24-19-11-12-20-21(15-19)29-16-22(27)26(20)14-13-25(2)3/h11-12,15,17-18H,4-10,13-14,16H2,1-3H3,(H,24,28). The molecule has 1 heterocycles. The molecule has 0 aromatic heterocycles. The molecule has 1 aromatic carbocycles. The Bertz CT molecular complexity index is 711. The lowest BCUT2D eigenvalue weighted by atomic mass is 9.79. The Hall–Kier alpha value is -2.08. The molecular formula is C23H35N3O3. The van der Waals surface area contributed by atoms with Crippen molar-refractivity contribution in [1.82, 2.24) is 4.90 Å². The van der Waals surface area contributed by atoms with E-state index in [-0.39, 0.29) is 24.3 Å². The van der Waals surface area contributed by atoms with Crippen LogP contribution in [0.4, 0.5) is 11.4 Å². The van der Waals surface area contributed by atoms with Gasteiger partial charge in [-0.05, 0) is 57.8 Å². The first-order chi connectivity index (χ1) is 14.0. The highest BCUT2D eigenvalue weighted by atomic mass is 16.5. The SMILES string of the molecule is CCCCC1CCC(C(=O)Nc2ccc3c(c2)OCC(=O)N3CCN(C)C)CC1. The number of likely N-dealkylation sites (N-methyl/N-ethyl adjacent to an activating group) is 1. The third kappa shape index (κ3) is 5.72. The van der Waals surface area contributed by atoms with Crippen LogP contribution in [0.15, 0.2) is 18.2 Å². The van der Waals surface area contributed by atoms with E-state index in [4.69, 9.17) is 4.74 Å². The zero-order valence-corrected chi connectivity index (χ0v) is 18.1. The second-order valence-electron chi connectivity index (χ2n) is 8.67. The van der Waals surface area contributed by atoms with Crippen molar-refractivity contribution < 1.29 is 14.3 Å². The highest BCUT2D eigenvalue weighted by Crippen LogP contribution is 2.36. The van der Waals surface area contributed by atoms with E-state index >= 15 is 0 Å². The van der Waals surface area contributed by atoms with Crippen LogP contribution in [0.1, 0.15) is 51.9 Å². The first kappa shape index (κ1) is 21.6. The van der Waals surface area contributed by atoms with Crippen LogP contribution in [0, 0.1) is 11.8 Å². The molecule has 6 nitrogen and oxygen atoms in total. The number of ether oxygens (including phenoxy) is 1. The van der Waals surface area contributed by atoms with E-state index in [1.54, 1.807) is 4.90 Å². The Morgan fingerprint density at radius 2 is 2.00 bits per heavy atom. The van der Waals surface area contributed by atoms with E-state index in [1.807, 2.05) is 37.2 Å². The molecule has 0 unspecified atom stereocenters. The molecule has 1 aliphatic heterocycles. The zero-order chi connectivity index (χ0) is 20.8. The molecular weight excluding hydrogens is 366 g/mol. The van der Waals surface area contributed by atoms with E-state index in [9.17, 15) is 9.59 Å². The predicted octanol–water partition coefficient (Wildman–Crippen LogP) is 3.91. The Morgan fingerprint density at radius 3 is 2.69 bits per heavy atom. The van der Waals surface area contributed by atoms with Crippen LogP contribution in [0.2, 0.25) is 0 Å². The lowest BCUT2D eigenvalue weighted by Gasteiger charge is -2.31. The average Bonchev–Trinajstić information content (AvgIpc) is 2.71. The van der Waals surface area contributed by atoms with Crippen molar-refractivity contribution in [3.8, 4) is 5.75 Å². The molecule has 1 saturated carbocycles. The summed E-state index contributed by atoms with van der Waals surface area (Å²) in [6.07, 6.45) is 8.13. The first-order valence-electron chi connectivity index (χ1n) is 11.0. The second-order valence-corrected chi connectivity index (χ2v) is 8.67. The molecule has 0 atom stereocenters. The van der Waals surface area contributed by atoms with Gasteiger partial charge in [-0.3, -0.25) is 9.59 Å². The molecule has 160 valence electrons. The Morgan fingerprint density at radius 1 is 1.24 bits per heavy atom. The van der Waals surface area contributed by atoms with E-state index in [2.05, 4.69) is 12.2 Å².